The lowest BCUT2D eigenvalue weighted by Gasteiger charge is -2.23. The molecule has 12 nitrogen and oxygen atoms in total. The van der Waals surface area contributed by atoms with Gasteiger partial charge in [0.15, 0.2) is 0 Å². The van der Waals surface area contributed by atoms with Gasteiger partial charge in [0.1, 0.15) is 20.0 Å². The highest BCUT2D eigenvalue weighted by Gasteiger charge is 2.33. The Balaban J connectivity index is 0.000000343. The van der Waals surface area contributed by atoms with Gasteiger partial charge < -0.3 is 24.6 Å². The summed E-state index contributed by atoms with van der Waals surface area (Å²) in [7, 11) is -1.38. The number of halogens is 3. The first-order valence-electron chi connectivity index (χ1n) is 24.9. The molecule has 0 saturated carbocycles. The zero-order valence-electron chi connectivity index (χ0n) is 46.6. The molecule has 3 N–H and O–H groups in total. The van der Waals surface area contributed by atoms with Gasteiger partial charge in [0.2, 0.25) is 0 Å². The van der Waals surface area contributed by atoms with E-state index in [9.17, 15) is 24.3 Å². The number of ketones is 1. The summed E-state index contributed by atoms with van der Waals surface area (Å²) in [6, 6.07) is 42.4. The van der Waals surface area contributed by atoms with Gasteiger partial charge in [-0.25, -0.2) is 0 Å². The minimum Gasteiger partial charge on any atom is -0.480 e. The van der Waals surface area contributed by atoms with Crippen molar-refractivity contribution >= 4 is 132 Å². The van der Waals surface area contributed by atoms with E-state index in [1.165, 1.54) is 47.7 Å². The number of thioether (sulfide) groups is 3. The molecular formula is C60H69BBr3N3O9S4. The molecule has 0 unspecified atom stereocenters. The van der Waals surface area contributed by atoms with Gasteiger partial charge in [-0.2, -0.15) is 0 Å². The number of alkyl halides is 1. The fourth-order valence-corrected chi connectivity index (χ4v) is 9.92. The highest BCUT2D eigenvalue weighted by molar-refractivity contribution is 9.11. The van der Waals surface area contributed by atoms with Crippen molar-refractivity contribution in [2.75, 3.05) is 13.2 Å². The molecule has 0 radical (unpaired) electrons. The van der Waals surface area contributed by atoms with E-state index in [0.717, 1.165) is 50.8 Å². The van der Waals surface area contributed by atoms with Gasteiger partial charge in [0.25, 0.3) is 0 Å². The average Bonchev–Trinajstić information content (AvgIpc) is 3.42. The van der Waals surface area contributed by atoms with E-state index in [1.54, 1.807) is 57.7 Å². The Labute approximate surface area is 515 Å². The fourth-order valence-electron chi connectivity index (χ4n) is 5.73. The van der Waals surface area contributed by atoms with Gasteiger partial charge >= 0.3 is 25.0 Å². The van der Waals surface area contributed by atoms with Crippen molar-refractivity contribution < 1.29 is 43.8 Å². The van der Waals surface area contributed by atoms with Crippen LogP contribution in [0.1, 0.15) is 76.2 Å². The molecule has 0 amide bonds. The quantitative estimate of drug-likeness (QED) is 0.0250. The number of esters is 2. The number of Topliss-reactive ketones (excluding diaryl/α,β-unsaturated/α-hetero) is 1. The van der Waals surface area contributed by atoms with E-state index in [4.69, 9.17) is 19.5 Å². The summed E-state index contributed by atoms with van der Waals surface area (Å²) in [5, 5.41) is 26.3. The molecule has 4 aromatic carbocycles. The summed E-state index contributed by atoms with van der Waals surface area (Å²) in [6.45, 7) is 20.6. The van der Waals surface area contributed by atoms with E-state index >= 15 is 0 Å². The Bertz CT molecular complexity index is 2970. The van der Waals surface area contributed by atoms with Crippen molar-refractivity contribution in [3.63, 3.8) is 0 Å². The number of nitrogens with zero attached hydrogens (tertiary/aromatic N) is 3. The van der Waals surface area contributed by atoms with Crippen LogP contribution in [0.15, 0.2) is 199 Å². The summed E-state index contributed by atoms with van der Waals surface area (Å²) < 4.78 is 9.86. The van der Waals surface area contributed by atoms with E-state index in [0.29, 0.717) is 18.7 Å². The molecule has 7 rings (SSSR count). The van der Waals surface area contributed by atoms with Crippen LogP contribution in [0.3, 0.4) is 0 Å². The van der Waals surface area contributed by atoms with Gasteiger partial charge in [0.05, 0.1) is 17.5 Å². The lowest BCUT2D eigenvalue weighted by atomic mass is 9.81. The molecule has 20 heteroatoms. The Kier molecular flexibility index (Phi) is 32.1. The SMILES string of the molecule is CC(=O)C(C)(C)Br.CC(C)(Sc1ccccc1-c1ccncc1)C(=O)O.CCOC(=O)C(C)(C)Sc1ccccc1-c1ccncc1.CCOC(=O)C(C)(C)Sc1ccccc1Br.OB(O)c1ccncc1.Sc1ccccc1Br. The third-order valence-electron chi connectivity index (χ3n) is 10.4. The normalized spacial score (nSPS) is 10.8. The van der Waals surface area contributed by atoms with Crippen molar-refractivity contribution in [2.24, 2.45) is 0 Å². The number of carboxylic acids is 1. The van der Waals surface area contributed by atoms with Crippen LogP contribution in [-0.4, -0.2) is 92.7 Å². The third-order valence-corrected chi connectivity index (χ3v) is 17.1. The molecule has 0 saturated heterocycles. The smallest absolute Gasteiger partial charge is 0.480 e. The predicted octanol–water partition coefficient (Wildman–Crippen LogP) is 15.0. The number of thiol groups is 1. The fraction of sp³-hybridized carbons (Fsp3) is 0.283. The van der Waals surface area contributed by atoms with Crippen LogP contribution in [0, 0.1) is 0 Å². The summed E-state index contributed by atoms with van der Waals surface area (Å²) in [4.78, 5) is 61.2. The van der Waals surface area contributed by atoms with Crippen LogP contribution in [0.5, 0.6) is 0 Å². The van der Waals surface area contributed by atoms with E-state index in [-0.39, 0.29) is 22.0 Å². The predicted molar refractivity (Wildman–Crippen MR) is 343 cm³/mol. The number of ether oxygens (including phenoxy) is 2. The van der Waals surface area contributed by atoms with Crippen LogP contribution >= 0.6 is 95.7 Å². The number of benzene rings is 4. The second-order valence-electron chi connectivity index (χ2n) is 18.6. The van der Waals surface area contributed by atoms with Crippen LogP contribution in [0.4, 0.5) is 0 Å². The molecule has 0 aliphatic heterocycles. The maximum Gasteiger partial charge on any atom is 0.488 e. The van der Waals surface area contributed by atoms with Gasteiger partial charge in [-0.1, -0.05) is 76.6 Å². The van der Waals surface area contributed by atoms with E-state index < -0.39 is 27.3 Å². The molecule has 0 spiro atoms. The molecule has 0 aliphatic rings. The van der Waals surface area contributed by atoms with Crippen molar-refractivity contribution in [1.29, 1.82) is 0 Å². The highest BCUT2D eigenvalue weighted by atomic mass is 79.9. The Hall–Kier alpha value is -4.77. The largest absolute Gasteiger partial charge is 0.488 e. The third kappa shape index (κ3) is 26.4. The number of carbonyl (C=O) groups excluding carboxylic acids is 3. The molecule has 3 aromatic heterocycles. The first-order valence-corrected chi connectivity index (χ1v) is 30.1. The van der Waals surface area contributed by atoms with Crippen LogP contribution in [0.25, 0.3) is 22.3 Å². The Morgan fingerprint density at radius 1 is 0.525 bits per heavy atom. The lowest BCUT2D eigenvalue weighted by Crippen LogP contribution is -2.30. The minimum absolute atomic E-state index is 0.160. The zero-order chi connectivity index (χ0) is 60.1. The van der Waals surface area contributed by atoms with Crippen molar-refractivity contribution in [3.8, 4) is 22.3 Å². The number of aliphatic carboxylic acids is 1. The molecule has 0 fully saturated rings. The van der Waals surface area contributed by atoms with E-state index in [2.05, 4.69) is 81.4 Å². The first kappa shape index (κ1) is 71.3. The number of aromatic nitrogens is 3. The van der Waals surface area contributed by atoms with Crippen molar-refractivity contribution in [1.82, 2.24) is 15.0 Å². The summed E-state index contributed by atoms with van der Waals surface area (Å²) in [6.07, 6.45) is 10.0. The minimum atomic E-state index is -1.38. The molecular weight excluding hydrogens is 1290 g/mol. The number of hydrogen-bond donors (Lipinski definition) is 4. The zero-order valence-corrected chi connectivity index (χ0v) is 54.7. The van der Waals surface area contributed by atoms with Crippen LogP contribution in [0.2, 0.25) is 0 Å². The molecule has 0 atom stereocenters. The number of carboxylic acid groups (broad SMARTS) is 1. The molecule has 426 valence electrons. The molecule has 0 bridgehead atoms. The summed E-state index contributed by atoms with van der Waals surface area (Å²) in [5.74, 6) is -1.04. The second-order valence-corrected chi connectivity index (χ2v) is 27.8. The van der Waals surface area contributed by atoms with Crippen LogP contribution < -0.4 is 5.46 Å². The second kappa shape index (κ2) is 36.0. The van der Waals surface area contributed by atoms with Crippen molar-refractivity contribution in [2.45, 2.75) is 114 Å². The van der Waals surface area contributed by atoms with Gasteiger partial charge in [-0.3, -0.25) is 34.1 Å². The van der Waals surface area contributed by atoms with Gasteiger partial charge in [-0.15, -0.1) is 47.9 Å². The number of hydrogen-bond acceptors (Lipinski definition) is 15. The van der Waals surface area contributed by atoms with Crippen molar-refractivity contribution in [3.05, 3.63) is 180 Å². The van der Waals surface area contributed by atoms with Crippen LogP contribution in [-0.2, 0) is 28.7 Å². The molecule has 0 aliphatic carbocycles. The summed E-state index contributed by atoms with van der Waals surface area (Å²) >= 11 is 18.5. The standard InChI is InChI=1S/C17H19NO2S.C15H15NO2S.C12H15BrO2S.C6H5BrS.C5H6BNO2.C5H9BrO/c1-4-20-16(19)17(2,3)21-15-8-6-5-7-14(15)13-9-11-18-12-10-13;1-15(2,14(17)18)19-13-6-4-3-5-12(13)11-7-9-16-10-8-11;1-4-15-11(14)12(2,3)16-10-8-6-5-7-9(10)13;7-5-3-1-2-4-6(5)8;8-6(9)5-1-3-7-4-2-5;1-4(7)5(2,3)6/h5-12H,4H2,1-3H3;3-10H,1-2H3,(H,17,18);5-8H,4H2,1-3H3;1-4,8H;1-4,8-9H;1-3H3. The van der Waals surface area contributed by atoms with Gasteiger partial charge in [-0.05, 0) is 209 Å². The van der Waals surface area contributed by atoms with E-state index in [1.807, 2.05) is 171 Å². The number of pyridine rings is 3. The summed E-state index contributed by atoms with van der Waals surface area (Å²) in [5.41, 5.74) is 4.73. The molecule has 7 aromatic rings. The average molecular weight is 1360 g/mol. The molecule has 80 heavy (non-hydrogen) atoms. The lowest BCUT2D eigenvalue weighted by molar-refractivity contribution is -0.145. The monoisotopic (exact) mass is 1350 g/mol. The Morgan fingerprint density at radius 2 is 0.850 bits per heavy atom. The molecule has 3 heterocycles. The number of carbonyl (C=O) groups is 4. The van der Waals surface area contributed by atoms with Gasteiger partial charge in [0, 0.05) is 65.7 Å². The maximum atomic E-state index is 12.1. The highest BCUT2D eigenvalue weighted by Crippen LogP contribution is 2.41. The number of rotatable bonds is 15. The first-order chi connectivity index (χ1) is 37.6. The topological polar surface area (TPSA) is 186 Å². The Morgan fingerprint density at radius 3 is 1.16 bits per heavy atom. The maximum absolute atomic E-state index is 12.1.